The Morgan fingerprint density at radius 1 is 1.21 bits per heavy atom. The molecular formula is C16H20N4O6S2. The molecule has 0 bridgehead atoms. The maximum atomic E-state index is 12.7. The van der Waals surface area contributed by atoms with E-state index in [1.807, 2.05) is 0 Å². The highest BCUT2D eigenvalue weighted by Crippen LogP contribution is 2.17. The lowest BCUT2D eigenvalue weighted by Crippen LogP contribution is -2.51. The summed E-state index contributed by atoms with van der Waals surface area (Å²) >= 11 is 0. The second kappa shape index (κ2) is 7.17. The van der Waals surface area contributed by atoms with E-state index >= 15 is 0 Å². The summed E-state index contributed by atoms with van der Waals surface area (Å²) in [6.45, 7) is 1.64. The number of hydrogen-bond acceptors (Lipinski definition) is 7. The van der Waals surface area contributed by atoms with Gasteiger partial charge in [-0.15, -0.1) is 0 Å². The molecule has 0 radical (unpaired) electrons. The molecule has 1 N–H and O–H groups in total. The highest BCUT2D eigenvalue weighted by atomic mass is 32.2. The zero-order chi connectivity index (χ0) is 20.7. The molecule has 1 unspecified atom stereocenters. The zero-order valence-electron chi connectivity index (χ0n) is 15.3. The first-order valence-corrected chi connectivity index (χ1v) is 12.2. The van der Waals surface area contributed by atoms with Crippen LogP contribution in [0.1, 0.15) is 17.4 Å². The van der Waals surface area contributed by atoms with E-state index in [0.717, 1.165) is 6.26 Å². The third kappa shape index (κ3) is 4.02. The summed E-state index contributed by atoms with van der Waals surface area (Å²) in [4.78, 5) is 30.5. The fourth-order valence-corrected chi connectivity index (χ4v) is 4.95. The van der Waals surface area contributed by atoms with Crippen LogP contribution in [-0.2, 0) is 24.5 Å². The number of hydrogen-bond donors (Lipinski definition) is 1. The van der Waals surface area contributed by atoms with Crippen molar-refractivity contribution in [3.05, 3.63) is 30.1 Å². The lowest BCUT2D eigenvalue weighted by Gasteiger charge is -2.29. The van der Waals surface area contributed by atoms with E-state index in [1.54, 1.807) is 18.2 Å². The molecule has 0 aromatic carbocycles. The van der Waals surface area contributed by atoms with Crippen LogP contribution in [0.3, 0.4) is 0 Å². The number of sulfone groups is 2. The van der Waals surface area contributed by atoms with Gasteiger partial charge >= 0.3 is 0 Å². The highest BCUT2D eigenvalue weighted by molar-refractivity contribution is 7.91. The average molecular weight is 428 g/mol. The SMILES string of the molecule is CC(NC(=O)c1nc(S(C)(=O)=O)n2ccccc12)C(=O)N1CCS(=O)(=O)CC1. The maximum Gasteiger partial charge on any atom is 0.272 e. The van der Waals surface area contributed by atoms with Crippen molar-refractivity contribution in [2.45, 2.75) is 18.1 Å². The Kier molecular flexibility index (Phi) is 5.19. The molecule has 28 heavy (non-hydrogen) atoms. The number of carbonyl (C=O) groups is 2. The molecule has 10 nitrogen and oxygen atoms in total. The lowest BCUT2D eigenvalue weighted by atomic mass is 10.2. The first kappa shape index (κ1) is 20.3. The van der Waals surface area contributed by atoms with Gasteiger partial charge < -0.3 is 10.2 Å². The number of rotatable bonds is 4. The van der Waals surface area contributed by atoms with E-state index in [4.69, 9.17) is 0 Å². The molecule has 152 valence electrons. The number of nitrogens with one attached hydrogen (secondary N) is 1. The van der Waals surface area contributed by atoms with Gasteiger partial charge in [0.25, 0.3) is 5.91 Å². The van der Waals surface area contributed by atoms with Crippen molar-refractivity contribution in [1.82, 2.24) is 19.6 Å². The van der Waals surface area contributed by atoms with Crippen LogP contribution < -0.4 is 5.32 Å². The van der Waals surface area contributed by atoms with Crippen molar-refractivity contribution in [3.63, 3.8) is 0 Å². The summed E-state index contributed by atoms with van der Waals surface area (Å²) in [5.74, 6) is -1.31. The van der Waals surface area contributed by atoms with E-state index in [2.05, 4.69) is 10.3 Å². The molecule has 3 heterocycles. The summed E-state index contributed by atoms with van der Waals surface area (Å²) in [6, 6.07) is 3.89. The summed E-state index contributed by atoms with van der Waals surface area (Å²) in [7, 11) is -6.80. The number of aromatic nitrogens is 2. The summed E-state index contributed by atoms with van der Waals surface area (Å²) in [5.41, 5.74) is 0.186. The van der Waals surface area contributed by atoms with E-state index in [9.17, 15) is 26.4 Å². The minimum absolute atomic E-state index is 0.0764. The minimum Gasteiger partial charge on any atom is -0.339 e. The highest BCUT2D eigenvalue weighted by Gasteiger charge is 2.30. The Hall–Kier alpha value is -2.47. The third-order valence-electron chi connectivity index (χ3n) is 4.44. The van der Waals surface area contributed by atoms with Crippen LogP contribution >= 0.6 is 0 Å². The topological polar surface area (TPSA) is 135 Å². The Morgan fingerprint density at radius 2 is 1.86 bits per heavy atom. The first-order valence-electron chi connectivity index (χ1n) is 8.47. The van der Waals surface area contributed by atoms with Crippen LogP contribution in [0.15, 0.2) is 29.6 Å². The molecular weight excluding hydrogens is 408 g/mol. The van der Waals surface area contributed by atoms with Crippen LogP contribution in [-0.4, -0.2) is 79.8 Å². The van der Waals surface area contributed by atoms with Crippen LogP contribution in [0.4, 0.5) is 0 Å². The molecule has 2 aromatic heterocycles. The molecule has 1 aliphatic heterocycles. The van der Waals surface area contributed by atoms with Gasteiger partial charge in [-0.1, -0.05) is 6.07 Å². The number of pyridine rings is 1. The van der Waals surface area contributed by atoms with Crippen molar-refractivity contribution in [3.8, 4) is 0 Å². The summed E-state index contributed by atoms with van der Waals surface area (Å²) in [6.07, 6.45) is 2.48. The Morgan fingerprint density at radius 3 is 2.46 bits per heavy atom. The second-order valence-corrected chi connectivity index (χ2v) is 10.9. The van der Waals surface area contributed by atoms with Crippen molar-refractivity contribution in [2.75, 3.05) is 30.9 Å². The van der Waals surface area contributed by atoms with Gasteiger partial charge in [0, 0.05) is 25.5 Å². The van der Waals surface area contributed by atoms with E-state index < -0.39 is 37.5 Å². The summed E-state index contributed by atoms with van der Waals surface area (Å²) in [5, 5.41) is 2.25. The smallest absolute Gasteiger partial charge is 0.272 e. The molecule has 1 atom stereocenters. The maximum absolute atomic E-state index is 12.7. The lowest BCUT2D eigenvalue weighted by molar-refractivity contribution is -0.132. The normalized spacial score (nSPS) is 18.0. The van der Waals surface area contributed by atoms with Crippen LogP contribution in [0.5, 0.6) is 0 Å². The third-order valence-corrected chi connectivity index (χ3v) is 7.00. The standard InChI is InChI=1S/C16H20N4O6S2/c1-11(15(22)19-7-9-28(25,26)10-8-19)17-14(21)13-12-5-3-4-6-20(12)16(18-13)27(2,23)24/h3-6,11H,7-10H2,1-2H3,(H,17,21). The predicted molar refractivity (Wildman–Crippen MR) is 100 cm³/mol. The molecule has 0 aliphatic carbocycles. The van der Waals surface area contributed by atoms with Gasteiger partial charge in [-0.2, -0.15) is 0 Å². The predicted octanol–water partition coefficient (Wildman–Crippen LogP) is -0.887. The molecule has 2 aromatic rings. The molecule has 3 rings (SSSR count). The molecule has 12 heteroatoms. The number of fused-ring (bicyclic) bond motifs is 1. The van der Waals surface area contributed by atoms with Gasteiger partial charge in [-0.05, 0) is 19.1 Å². The number of amides is 2. The van der Waals surface area contributed by atoms with Crippen molar-refractivity contribution < 1.29 is 26.4 Å². The average Bonchev–Trinajstić information content (AvgIpc) is 3.01. The van der Waals surface area contributed by atoms with Gasteiger partial charge in [0.2, 0.25) is 20.9 Å². The molecule has 0 saturated carbocycles. The van der Waals surface area contributed by atoms with E-state index in [1.165, 1.54) is 22.4 Å². The number of carbonyl (C=O) groups excluding carboxylic acids is 2. The monoisotopic (exact) mass is 428 g/mol. The van der Waals surface area contributed by atoms with E-state index in [0.29, 0.717) is 5.52 Å². The van der Waals surface area contributed by atoms with E-state index in [-0.39, 0.29) is 35.4 Å². The molecule has 1 fully saturated rings. The quantitative estimate of drug-likeness (QED) is 0.668. The molecule has 1 saturated heterocycles. The van der Waals surface area contributed by atoms with Crippen LogP contribution in [0.25, 0.3) is 5.52 Å². The number of imidazole rings is 1. The van der Waals surface area contributed by atoms with Gasteiger partial charge in [0.1, 0.15) is 6.04 Å². The zero-order valence-corrected chi connectivity index (χ0v) is 17.0. The fraction of sp³-hybridized carbons (Fsp3) is 0.438. The van der Waals surface area contributed by atoms with Crippen LogP contribution in [0.2, 0.25) is 0 Å². The van der Waals surface area contributed by atoms with Gasteiger partial charge in [0.15, 0.2) is 15.5 Å². The number of nitrogens with zero attached hydrogens (tertiary/aromatic N) is 3. The van der Waals surface area contributed by atoms with Gasteiger partial charge in [-0.3, -0.25) is 14.0 Å². The van der Waals surface area contributed by atoms with Crippen molar-refractivity contribution in [2.24, 2.45) is 0 Å². The van der Waals surface area contributed by atoms with Gasteiger partial charge in [-0.25, -0.2) is 21.8 Å². The van der Waals surface area contributed by atoms with Crippen LogP contribution in [0, 0.1) is 0 Å². The second-order valence-electron chi connectivity index (χ2n) is 6.64. The van der Waals surface area contributed by atoms with Crippen molar-refractivity contribution >= 4 is 37.0 Å². The first-order chi connectivity index (χ1) is 13.0. The van der Waals surface area contributed by atoms with Gasteiger partial charge in [0.05, 0.1) is 17.0 Å². The minimum atomic E-state index is -3.68. The Bertz CT molecular complexity index is 1140. The molecule has 2 amide bonds. The molecule has 0 spiro atoms. The largest absolute Gasteiger partial charge is 0.339 e. The van der Waals surface area contributed by atoms with Crippen molar-refractivity contribution in [1.29, 1.82) is 0 Å². The fourth-order valence-electron chi connectivity index (χ4n) is 2.97. The molecule has 1 aliphatic rings. The summed E-state index contributed by atoms with van der Waals surface area (Å²) < 4.78 is 48.2. The Labute approximate surface area is 162 Å². The Balaban J connectivity index is 1.81.